The van der Waals surface area contributed by atoms with E-state index in [0.717, 1.165) is 29.2 Å². The molecule has 5 heteroatoms. The van der Waals surface area contributed by atoms with Gasteiger partial charge in [-0.2, -0.15) is 11.8 Å². The van der Waals surface area contributed by atoms with Crippen molar-refractivity contribution >= 4 is 23.7 Å². The molecule has 1 rings (SSSR count). The van der Waals surface area contributed by atoms with E-state index in [1.807, 2.05) is 31.2 Å². The number of aliphatic hydroxyl groups excluding tert-OH is 1. The molecule has 0 aliphatic carbocycles. The predicted octanol–water partition coefficient (Wildman–Crippen LogP) is 2.33. The Hall–Kier alpha value is -1.46. The minimum atomic E-state index is -0.0911. The van der Waals surface area contributed by atoms with Crippen LogP contribution in [0.15, 0.2) is 30.3 Å². The molecular formula is C16H23NO3S. The van der Waals surface area contributed by atoms with Crippen molar-refractivity contribution in [2.75, 3.05) is 31.3 Å². The summed E-state index contributed by atoms with van der Waals surface area (Å²) in [5.41, 5.74) is 0.964. The highest BCUT2D eigenvalue weighted by Crippen LogP contribution is 2.12. The number of rotatable bonds is 10. The summed E-state index contributed by atoms with van der Waals surface area (Å²) in [5.74, 6) is 2.53. The van der Waals surface area contributed by atoms with Crippen molar-refractivity contribution in [3.05, 3.63) is 35.9 Å². The molecule has 0 aliphatic rings. The molecule has 1 aromatic rings. The number of nitrogens with one attached hydrogen (secondary N) is 1. The Morgan fingerprint density at radius 3 is 2.76 bits per heavy atom. The van der Waals surface area contributed by atoms with Crippen molar-refractivity contribution in [1.82, 2.24) is 5.32 Å². The van der Waals surface area contributed by atoms with Gasteiger partial charge in [-0.3, -0.25) is 4.79 Å². The van der Waals surface area contributed by atoms with Crippen LogP contribution in [-0.4, -0.2) is 42.3 Å². The largest absolute Gasteiger partial charge is 0.494 e. The molecule has 0 aliphatic heterocycles. The van der Waals surface area contributed by atoms with Crippen LogP contribution in [0.1, 0.15) is 18.9 Å². The van der Waals surface area contributed by atoms with Crippen LogP contribution in [0, 0.1) is 0 Å². The topological polar surface area (TPSA) is 58.6 Å². The number of aliphatic hydroxyl groups is 1. The molecule has 0 heterocycles. The summed E-state index contributed by atoms with van der Waals surface area (Å²) in [6.45, 7) is 3.46. The minimum absolute atomic E-state index is 0.0911. The van der Waals surface area contributed by atoms with Crippen molar-refractivity contribution in [3.8, 4) is 5.75 Å². The van der Waals surface area contributed by atoms with Crippen molar-refractivity contribution < 1.29 is 14.6 Å². The van der Waals surface area contributed by atoms with Crippen LogP contribution in [0.2, 0.25) is 0 Å². The number of carbonyl (C=O) groups is 1. The molecular weight excluding hydrogens is 286 g/mol. The Morgan fingerprint density at radius 2 is 2.10 bits per heavy atom. The summed E-state index contributed by atoms with van der Waals surface area (Å²) in [6.07, 6.45) is 4.12. The Labute approximate surface area is 130 Å². The smallest absolute Gasteiger partial charge is 0.244 e. The second kappa shape index (κ2) is 11.2. The van der Waals surface area contributed by atoms with Crippen LogP contribution in [0.3, 0.4) is 0 Å². The third-order valence-electron chi connectivity index (χ3n) is 2.61. The van der Waals surface area contributed by atoms with E-state index in [0.29, 0.717) is 13.2 Å². The van der Waals surface area contributed by atoms with Gasteiger partial charge in [-0.1, -0.05) is 12.1 Å². The van der Waals surface area contributed by atoms with Gasteiger partial charge in [0.2, 0.25) is 5.91 Å². The van der Waals surface area contributed by atoms with Crippen LogP contribution in [0.25, 0.3) is 6.08 Å². The fourth-order valence-corrected chi connectivity index (χ4v) is 2.37. The lowest BCUT2D eigenvalue weighted by atomic mass is 10.2. The molecule has 0 saturated carbocycles. The Morgan fingerprint density at radius 1 is 1.33 bits per heavy atom. The lowest BCUT2D eigenvalue weighted by Crippen LogP contribution is -2.23. The first-order chi connectivity index (χ1) is 10.3. The zero-order valence-electron chi connectivity index (χ0n) is 12.4. The predicted molar refractivity (Wildman–Crippen MR) is 88.7 cm³/mol. The van der Waals surface area contributed by atoms with Gasteiger partial charge in [-0.05, 0) is 42.9 Å². The standard InChI is InChI=1S/C16H23NO3S/c1-2-20-15-7-4-14(5-8-15)6-9-16(19)17-10-13-21-12-3-11-18/h4-9,18H,2-3,10-13H2,1H3,(H,17,19)/b9-6+. The van der Waals surface area contributed by atoms with E-state index < -0.39 is 0 Å². The van der Waals surface area contributed by atoms with E-state index in [4.69, 9.17) is 9.84 Å². The highest BCUT2D eigenvalue weighted by molar-refractivity contribution is 7.99. The summed E-state index contributed by atoms with van der Waals surface area (Å²) in [6, 6.07) is 7.61. The van der Waals surface area contributed by atoms with Crippen molar-refractivity contribution in [3.63, 3.8) is 0 Å². The van der Waals surface area contributed by atoms with Crippen molar-refractivity contribution in [2.45, 2.75) is 13.3 Å². The molecule has 0 saturated heterocycles. The SMILES string of the molecule is CCOc1ccc(/C=C/C(=O)NCCSCCCO)cc1. The van der Waals surface area contributed by atoms with E-state index in [1.54, 1.807) is 17.8 Å². The molecule has 2 N–H and O–H groups in total. The summed E-state index contributed by atoms with van der Waals surface area (Å²) in [4.78, 5) is 11.6. The maximum Gasteiger partial charge on any atom is 0.244 e. The molecule has 116 valence electrons. The molecule has 1 amide bonds. The molecule has 0 spiro atoms. The third-order valence-corrected chi connectivity index (χ3v) is 3.68. The maximum atomic E-state index is 11.6. The first-order valence-electron chi connectivity index (χ1n) is 7.13. The molecule has 0 bridgehead atoms. The molecule has 4 nitrogen and oxygen atoms in total. The molecule has 21 heavy (non-hydrogen) atoms. The van der Waals surface area contributed by atoms with E-state index in [-0.39, 0.29) is 12.5 Å². The van der Waals surface area contributed by atoms with Crippen molar-refractivity contribution in [1.29, 1.82) is 0 Å². The van der Waals surface area contributed by atoms with Gasteiger partial charge < -0.3 is 15.2 Å². The van der Waals surface area contributed by atoms with Crippen LogP contribution >= 0.6 is 11.8 Å². The fraction of sp³-hybridized carbons (Fsp3) is 0.438. The number of carbonyl (C=O) groups excluding carboxylic acids is 1. The second-order valence-corrected chi connectivity index (χ2v) is 5.54. The van der Waals surface area contributed by atoms with E-state index in [9.17, 15) is 4.79 Å². The number of hydrogen-bond acceptors (Lipinski definition) is 4. The second-order valence-electron chi connectivity index (χ2n) is 4.32. The lowest BCUT2D eigenvalue weighted by molar-refractivity contribution is -0.116. The third kappa shape index (κ3) is 8.42. The molecule has 0 radical (unpaired) electrons. The fourth-order valence-electron chi connectivity index (χ4n) is 1.59. The highest BCUT2D eigenvalue weighted by Gasteiger charge is 1.96. The van der Waals surface area contributed by atoms with Gasteiger partial charge in [-0.15, -0.1) is 0 Å². The number of hydrogen-bond donors (Lipinski definition) is 2. The zero-order valence-corrected chi connectivity index (χ0v) is 13.2. The average Bonchev–Trinajstić information content (AvgIpc) is 2.50. The minimum Gasteiger partial charge on any atom is -0.494 e. The van der Waals surface area contributed by atoms with Crippen LogP contribution in [0.5, 0.6) is 5.75 Å². The van der Waals surface area contributed by atoms with E-state index >= 15 is 0 Å². The maximum absolute atomic E-state index is 11.6. The number of thioether (sulfide) groups is 1. The number of ether oxygens (including phenoxy) is 1. The van der Waals surface area contributed by atoms with Gasteiger partial charge in [0.25, 0.3) is 0 Å². The quantitative estimate of drug-likeness (QED) is 0.514. The van der Waals surface area contributed by atoms with Gasteiger partial charge >= 0.3 is 0 Å². The lowest BCUT2D eigenvalue weighted by Gasteiger charge is -2.03. The summed E-state index contributed by atoms with van der Waals surface area (Å²) >= 11 is 1.73. The van der Waals surface area contributed by atoms with Crippen LogP contribution in [0.4, 0.5) is 0 Å². The summed E-state index contributed by atoms with van der Waals surface area (Å²) in [7, 11) is 0. The van der Waals surface area contributed by atoms with Gasteiger partial charge in [0.15, 0.2) is 0 Å². The van der Waals surface area contributed by atoms with Gasteiger partial charge in [0.1, 0.15) is 5.75 Å². The summed E-state index contributed by atoms with van der Waals surface area (Å²) < 4.78 is 5.36. The molecule has 0 unspecified atom stereocenters. The van der Waals surface area contributed by atoms with E-state index in [2.05, 4.69) is 5.32 Å². The van der Waals surface area contributed by atoms with Gasteiger partial charge in [0, 0.05) is 25.0 Å². The normalized spacial score (nSPS) is 10.8. The van der Waals surface area contributed by atoms with Crippen molar-refractivity contribution in [2.24, 2.45) is 0 Å². The Kier molecular flexibility index (Phi) is 9.40. The Bertz CT molecular complexity index is 432. The zero-order chi connectivity index (χ0) is 15.3. The molecule has 0 atom stereocenters. The van der Waals surface area contributed by atoms with Crippen LogP contribution < -0.4 is 10.1 Å². The van der Waals surface area contributed by atoms with Crippen LogP contribution in [-0.2, 0) is 4.79 Å². The first kappa shape index (κ1) is 17.6. The van der Waals surface area contributed by atoms with E-state index in [1.165, 1.54) is 6.08 Å². The molecule has 1 aromatic carbocycles. The number of amides is 1. The molecule has 0 aromatic heterocycles. The summed E-state index contributed by atoms with van der Waals surface area (Å²) in [5, 5.41) is 11.5. The van der Waals surface area contributed by atoms with Gasteiger partial charge in [-0.25, -0.2) is 0 Å². The average molecular weight is 309 g/mol. The monoisotopic (exact) mass is 309 g/mol. The Balaban J connectivity index is 2.23. The molecule has 0 fully saturated rings. The van der Waals surface area contributed by atoms with Gasteiger partial charge in [0.05, 0.1) is 6.61 Å². The highest BCUT2D eigenvalue weighted by atomic mass is 32.2. The number of benzene rings is 1. The first-order valence-corrected chi connectivity index (χ1v) is 8.29.